The number of nitrogens with zero attached hydrogens (tertiary/aromatic N) is 1. The molecule has 20 heavy (non-hydrogen) atoms. The summed E-state index contributed by atoms with van der Waals surface area (Å²) in [6, 6.07) is 0. The number of hydrogen-bond donors (Lipinski definition) is 2. The lowest BCUT2D eigenvalue weighted by Gasteiger charge is -2.30. The highest BCUT2D eigenvalue weighted by Crippen LogP contribution is 2.29. The van der Waals surface area contributed by atoms with Gasteiger partial charge < -0.3 is 20.1 Å². The lowest BCUT2D eigenvalue weighted by molar-refractivity contribution is -0.119. The second-order valence-electron chi connectivity index (χ2n) is 6.59. The molecule has 1 aliphatic rings. The molecule has 2 unspecified atom stereocenters. The maximum Gasteiger partial charge on any atom is 0.410 e. The van der Waals surface area contributed by atoms with Gasteiger partial charge in [0.25, 0.3) is 0 Å². The fraction of sp³-hybridized carbons (Fsp3) is 0.857. The second kappa shape index (κ2) is 5.99. The molecule has 1 fully saturated rings. The number of likely N-dealkylation sites (tertiary alicyclic amines) is 1. The number of nitrogens with one attached hydrogen (secondary N) is 1. The summed E-state index contributed by atoms with van der Waals surface area (Å²) in [5.41, 5.74) is -1.51. The van der Waals surface area contributed by atoms with E-state index in [-0.39, 0.29) is 18.4 Å². The fourth-order valence-corrected chi connectivity index (χ4v) is 2.19. The van der Waals surface area contributed by atoms with Crippen molar-refractivity contribution >= 4 is 12.0 Å². The minimum Gasteiger partial charge on any atom is -0.444 e. The molecule has 116 valence electrons. The third-order valence-electron chi connectivity index (χ3n) is 3.51. The molecule has 0 spiro atoms. The molecule has 2 N–H and O–H groups in total. The molecule has 0 bridgehead atoms. The first kappa shape index (κ1) is 16.8. The summed E-state index contributed by atoms with van der Waals surface area (Å²) < 4.78 is 5.30. The minimum atomic E-state index is -0.973. The molecular weight excluding hydrogens is 260 g/mol. The summed E-state index contributed by atoms with van der Waals surface area (Å²) in [5.74, 6) is -0.249. The third kappa shape index (κ3) is 4.67. The van der Waals surface area contributed by atoms with Crippen LogP contribution in [0.3, 0.4) is 0 Å². The number of amides is 2. The van der Waals surface area contributed by atoms with Gasteiger partial charge in [-0.1, -0.05) is 6.92 Å². The van der Waals surface area contributed by atoms with E-state index in [2.05, 4.69) is 5.32 Å². The summed E-state index contributed by atoms with van der Waals surface area (Å²) in [6.07, 6.45) is 0.0904. The molecule has 1 heterocycles. The van der Waals surface area contributed by atoms with Gasteiger partial charge in [0.1, 0.15) is 5.60 Å². The maximum atomic E-state index is 12.0. The van der Waals surface area contributed by atoms with Crippen LogP contribution in [0.15, 0.2) is 0 Å². The highest BCUT2D eigenvalue weighted by Gasteiger charge is 2.43. The monoisotopic (exact) mass is 286 g/mol. The number of hydrogen-bond acceptors (Lipinski definition) is 4. The van der Waals surface area contributed by atoms with E-state index in [0.29, 0.717) is 19.5 Å². The molecule has 0 saturated carbocycles. The summed E-state index contributed by atoms with van der Waals surface area (Å²) >= 11 is 0. The van der Waals surface area contributed by atoms with Crippen LogP contribution in [0.2, 0.25) is 0 Å². The maximum absolute atomic E-state index is 12.0. The average Bonchev–Trinajstić information content (AvgIpc) is 2.68. The number of ether oxygens (including phenoxy) is 1. The first-order valence-corrected chi connectivity index (χ1v) is 6.98. The molecule has 0 aliphatic carbocycles. The molecule has 1 aliphatic heterocycles. The summed E-state index contributed by atoms with van der Waals surface area (Å²) in [4.78, 5) is 24.4. The zero-order valence-corrected chi connectivity index (χ0v) is 13.0. The molecule has 0 radical (unpaired) electrons. The van der Waals surface area contributed by atoms with Crippen molar-refractivity contribution in [1.82, 2.24) is 10.2 Å². The standard InChI is InChI=1S/C14H26N2O4/c1-10(8-15-11(2)17)14(19)6-7-16(9-14)12(18)20-13(3,4)5/h10,19H,6-9H2,1-5H3,(H,15,17). The van der Waals surface area contributed by atoms with E-state index in [1.807, 2.05) is 27.7 Å². The van der Waals surface area contributed by atoms with E-state index >= 15 is 0 Å². The molecule has 2 atom stereocenters. The molecule has 6 heteroatoms. The van der Waals surface area contributed by atoms with Crippen molar-refractivity contribution in [3.63, 3.8) is 0 Å². The van der Waals surface area contributed by atoms with Gasteiger partial charge in [-0.2, -0.15) is 0 Å². The first-order chi connectivity index (χ1) is 9.03. The van der Waals surface area contributed by atoms with Gasteiger partial charge in [0.15, 0.2) is 0 Å². The molecule has 2 amide bonds. The van der Waals surface area contributed by atoms with Crippen molar-refractivity contribution in [2.45, 2.75) is 52.2 Å². The minimum absolute atomic E-state index is 0.123. The third-order valence-corrected chi connectivity index (χ3v) is 3.51. The first-order valence-electron chi connectivity index (χ1n) is 6.98. The number of β-amino-alcohol motifs (C(OH)–C–C–N with tert-alkyl or cyclic N) is 1. The van der Waals surface area contributed by atoms with Crippen molar-refractivity contribution in [2.75, 3.05) is 19.6 Å². The molecule has 0 aromatic heterocycles. The predicted molar refractivity (Wildman–Crippen MR) is 75.2 cm³/mol. The van der Waals surface area contributed by atoms with Gasteiger partial charge in [0.05, 0.1) is 12.1 Å². The Morgan fingerprint density at radius 3 is 2.55 bits per heavy atom. The van der Waals surface area contributed by atoms with Crippen LogP contribution in [0.1, 0.15) is 41.0 Å². The van der Waals surface area contributed by atoms with E-state index in [4.69, 9.17) is 4.74 Å². The molecule has 1 saturated heterocycles. The lowest BCUT2D eigenvalue weighted by Crippen LogP contribution is -2.46. The number of aliphatic hydroxyl groups is 1. The van der Waals surface area contributed by atoms with Crippen LogP contribution in [0.25, 0.3) is 0 Å². The smallest absolute Gasteiger partial charge is 0.410 e. The highest BCUT2D eigenvalue weighted by molar-refractivity contribution is 5.72. The Balaban J connectivity index is 2.56. The second-order valence-corrected chi connectivity index (χ2v) is 6.59. The van der Waals surface area contributed by atoms with Crippen LogP contribution in [0.5, 0.6) is 0 Å². The quantitative estimate of drug-likeness (QED) is 0.815. The predicted octanol–water partition coefficient (Wildman–Crippen LogP) is 1.13. The summed E-state index contributed by atoms with van der Waals surface area (Å²) in [7, 11) is 0. The molecular formula is C14H26N2O4. The number of carbonyl (C=O) groups is 2. The molecule has 6 nitrogen and oxygen atoms in total. The van der Waals surface area contributed by atoms with Gasteiger partial charge in [-0.05, 0) is 27.2 Å². The van der Waals surface area contributed by atoms with E-state index in [1.54, 1.807) is 0 Å². The van der Waals surface area contributed by atoms with Crippen LogP contribution in [0.4, 0.5) is 4.79 Å². The van der Waals surface area contributed by atoms with Crippen LogP contribution in [-0.2, 0) is 9.53 Å². The average molecular weight is 286 g/mol. The number of carbonyl (C=O) groups excluding carboxylic acids is 2. The van der Waals surface area contributed by atoms with Crippen molar-refractivity contribution in [3.8, 4) is 0 Å². The topological polar surface area (TPSA) is 78.9 Å². The SMILES string of the molecule is CC(=O)NCC(C)C1(O)CCN(C(=O)OC(C)(C)C)C1. The van der Waals surface area contributed by atoms with E-state index < -0.39 is 17.3 Å². The van der Waals surface area contributed by atoms with Crippen molar-refractivity contribution in [2.24, 2.45) is 5.92 Å². The van der Waals surface area contributed by atoms with Gasteiger partial charge in [-0.3, -0.25) is 4.79 Å². The summed E-state index contributed by atoms with van der Waals surface area (Å²) in [5, 5.41) is 13.3. The Morgan fingerprint density at radius 1 is 1.45 bits per heavy atom. The van der Waals surface area contributed by atoms with Crippen LogP contribution < -0.4 is 5.32 Å². The van der Waals surface area contributed by atoms with Gasteiger partial charge in [-0.25, -0.2) is 4.79 Å². The molecule has 0 aromatic carbocycles. The van der Waals surface area contributed by atoms with E-state index in [0.717, 1.165) is 0 Å². The highest BCUT2D eigenvalue weighted by atomic mass is 16.6. The van der Waals surface area contributed by atoms with Crippen molar-refractivity contribution in [1.29, 1.82) is 0 Å². The Bertz CT molecular complexity index is 378. The Kier molecular flexibility index (Phi) is 5.02. The van der Waals surface area contributed by atoms with E-state index in [1.165, 1.54) is 11.8 Å². The Hall–Kier alpha value is -1.30. The van der Waals surface area contributed by atoms with Gasteiger partial charge in [-0.15, -0.1) is 0 Å². The normalized spacial score (nSPS) is 24.4. The van der Waals surface area contributed by atoms with Crippen molar-refractivity contribution < 1.29 is 19.4 Å². The van der Waals surface area contributed by atoms with Crippen LogP contribution in [0, 0.1) is 5.92 Å². The molecule has 1 rings (SSSR count). The zero-order valence-electron chi connectivity index (χ0n) is 13.0. The van der Waals surface area contributed by atoms with E-state index in [9.17, 15) is 14.7 Å². The van der Waals surface area contributed by atoms with Gasteiger partial charge in [0.2, 0.25) is 5.91 Å². The van der Waals surface area contributed by atoms with Gasteiger partial charge in [0, 0.05) is 25.9 Å². The summed E-state index contributed by atoms with van der Waals surface area (Å²) in [6.45, 7) is 9.85. The van der Waals surface area contributed by atoms with Gasteiger partial charge >= 0.3 is 6.09 Å². The van der Waals surface area contributed by atoms with Crippen molar-refractivity contribution in [3.05, 3.63) is 0 Å². The molecule has 0 aromatic rings. The number of rotatable bonds is 3. The van der Waals surface area contributed by atoms with Crippen LogP contribution in [-0.4, -0.2) is 52.8 Å². The fourth-order valence-electron chi connectivity index (χ4n) is 2.19. The van der Waals surface area contributed by atoms with Crippen LogP contribution >= 0.6 is 0 Å². The Morgan fingerprint density at radius 2 is 2.05 bits per heavy atom. The zero-order chi connectivity index (χ0) is 15.6. The lowest BCUT2D eigenvalue weighted by atomic mass is 9.88. The Labute approximate surface area is 120 Å². The largest absolute Gasteiger partial charge is 0.444 e.